The van der Waals surface area contributed by atoms with Crippen molar-refractivity contribution in [1.82, 2.24) is 0 Å². The van der Waals surface area contributed by atoms with Crippen LogP contribution in [0.4, 0.5) is 0 Å². The topological polar surface area (TPSA) is 51.2 Å². The lowest BCUT2D eigenvalue weighted by Gasteiger charge is -1.94. The zero-order valence-corrected chi connectivity index (χ0v) is 6.60. The Morgan fingerprint density at radius 2 is 2.20 bits per heavy atom. The zero-order chi connectivity index (χ0) is 7.78. The number of aldehydes is 1. The van der Waals surface area contributed by atoms with Crippen molar-refractivity contribution in [1.29, 1.82) is 0 Å². The van der Waals surface area contributed by atoms with Crippen molar-refractivity contribution < 1.29 is 13.2 Å². The van der Waals surface area contributed by atoms with Crippen LogP contribution in [0.15, 0.2) is 0 Å². The highest BCUT2D eigenvalue weighted by Gasteiger charge is 2.45. The number of carbonyl (C=O) groups is 1. The molecule has 1 saturated carbocycles. The van der Waals surface area contributed by atoms with Gasteiger partial charge in [0.15, 0.2) is 9.84 Å². The largest absolute Gasteiger partial charge is 0.303 e. The summed E-state index contributed by atoms with van der Waals surface area (Å²) in [5.74, 6) is -0.0490. The molecule has 0 N–H and O–H groups in total. The lowest BCUT2D eigenvalue weighted by molar-refractivity contribution is -0.108. The van der Waals surface area contributed by atoms with Crippen LogP contribution in [0.3, 0.4) is 0 Å². The van der Waals surface area contributed by atoms with Gasteiger partial charge in [0.25, 0.3) is 0 Å². The molecule has 1 aliphatic rings. The molecule has 0 aromatic heterocycles. The fourth-order valence-corrected chi connectivity index (χ4v) is 2.50. The van der Waals surface area contributed by atoms with E-state index in [1.165, 1.54) is 0 Å². The summed E-state index contributed by atoms with van der Waals surface area (Å²) in [6, 6.07) is 0. The highest BCUT2D eigenvalue weighted by molar-refractivity contribution is 7.92. The summed E-state index contributed by atoms with van der Waals surface area (Å²) in [7, 11) is -2.92. The molecule has 0 bridgehead atoms. The molecule has 4 heteroatoms. The van der Waals surface area contributed by atoms with E-state index in [0.717, 1.165) is 6.29 Å². The summed E-state index contributed by atoms with van der Waals surface area (Å²) in [5, 5.41) is -0.352. The average molecular weight is 162 g/mol. The quantitative estimate of drug-likeness (QED) is 0.549. The highest BCUT2D eigenvalue weighted by atomic mass is 32.2. The van der Waals surface area contributed by atoms with E-state index >= 15 is 0 Å². The molecular formula is C6H10O3S. The summed E-state index contributed by atoms with van der Waals surface area (Å²) < 4.78 is 21.9. The van der Waals surface area contributed by atoms with Gasteiger partial charge in [-0.3, -0.25) is 0 Å². The van der Waals surface area contributed by atoms with E-state index in [1.807, 2.05) is 0 Å². The third kappa shape index (κ3) is 1.21. The second-order valence-corrected chi connectivity index (χ2v) is 5.03. The minimum atomic E-state index is -2.92. The fourth-order valence-electron chi connectivity index (χ4n) is 0.960. The van der Waals surface area contributed by atoms with Crippen molar-refractivity contribution in [3.63, 3.8) is 0 Å². The first-order valence-corrected chi connectivity index (χ1v) is 5.00. The zero-order valence-electron chi connectivity index (χ0n) is 5.78. The van der Waals surface area contributed by atoms with Gasteiger partial charge in [0.1, 0.15) is 6.29 Å². The smallest absolute Gasteiger partial charge is 0.153 e. The minimum absolute atomic E-state index is 0.155. The molecule has 0 aromatic rings. The Kier molecular flexibility index (Phi) is 1.81. The molecule has 0 heterocycles. The standard InChI is InChI=1S/C6H10O3S/c1-2-10(8,9)6-3-5(6)4-7/h4-6H,2-3H2,1H3/t5-,6-/m0/s1. The van der Waals surface area contributed by atoms with Gasteiger partial charge >= 0.3 is 0 Å². The van der Waals surface area contributed by atoms with Gasteiger partial charge in [0.05, 0.1) is 5.25 Å². The summed E-state index contributed by atoms with van der Waals surface area (Å²) in [5.41, 5.74) is 0. The van der Waals surface area contributed by atoms with Crippen LogP contribution in [0.1, 0.15) is 13.3 Å². The van der Waals surface area contributed by atoms with Gasteiger partial charge < -0.3 is 4.79 Å². The fraction of sp³-hybridized carbons (Fsp3) is 0.833. The van der Waals surface area contributed by atoms with Gasteiger partial charge in [-0.05, 0) is 6.42 Å². The summed E-state index contributed by atoms with van der Waals surface area (Å²) >= 11 is 0. The van der Waals surface area contributed by atoms with Gasteiger partial charge in [-0.15, -0.1) is 0 Å². The van der Waals surface area contributed by atoms with Crippen LogP contribution < -0.4 is 0 Å². The maximum atomic E-state index is 11.0. The Labute approximate surface area is 60.3 Å². The molecule has 1 aliphatic carbocycles. The van der Waals surface area contributed by atoms with Crippen LogP contribution in [0.2, 0.25) is 0 Å². The van der Waals surface area contributed by atoms with Crippen LogP contribution in [-0.4, -0.2) is 25.7 Å². The Balaban J connectivity index is 2.63. The molecule has 0 saturated heterocycles. The van der Waals surface area contributed by atoms with Crippen LogP contribution in [-0.2, 0) is 14.6 Å². The van der Waals surface area contributed by atoms with E-state index in [4.69, 9.17) is 0 Å². The van der Waals surface area contributed by atoms with E-state index in [9.17, 15) is 13.2 Å². The van der Waals surface area contributed by atoms with Gasteiger partial charge in [0.2, 0.25) is 0 Å². The molecule has 0 spiro atoms. The molecule has 0 aromatic carbocycles. The number of hydrogen-bond donors (Lipinski definition) is 0. The van der Waals surface area contributed by atoms with Gasteiger partial charge in [-0.25, -0.2) is 8.42 Å². The number of carbonyl (C=O) groups excluding carboxylic acids is 1. The molecule has 2 atom stereocenters. The number of hydrogen-bond acceptors (Lipinski definition) is 3. The predicted molar refractivity (Wildman–Crippen MR) is 37.4 cm³/mol. The minimum Gasteiger partial charge on any atom is -0.303 e. The van der Waals surface area contributed by atoms with E-state index in [0.29, 0.717) is 6.42 Å². The molecule has 0 aliphatic heterocycles. The van der Waals surface area contributed by atoms with Crippen molar-refractivity contribution in [2.24, 2.45) is 5.92 Å². The van der Waals surface area contributed by atoms with Crippen molar-refractivity contribution in [3.05, 3.63) is 0 Å². The Morgan fingerprint density at radius 3 is 2.50 bits per heavy atom. The Hall–Kier alpha value is -0.380. The van der Waals surface area contributed by atoms with Crippen molar-refractivity contribution in [3.8, 4) is 0 Å². The molecule has 1 rings (SSSR count). The van der Waals surface area contributed by atoms with E-state index in [2.05, 4.69) is 0 Å². The Bertz CT molecular complexity index is 229. The Morgan fingerprint density at radius 1 is 1.60 bits per heavy atom. The number of sulfone groups is 1. The summed E-state index contributed by atoms with van der Waals surface area (Å²) in [6.07, 6.45) is 1.28. The summed E-state index contributed by atoms with van der Waals surface area (Å²) in [6.45, 7) is 1.61. The van der Waals surface area contributed by atoms with Gasteiger partial charge in [-0.1, -0.05) is 6.92 Å². The van der Waals surface area contributed by atoms with Crippen molar-refractivity contribution in [2.75, 3.05) is 5.75 Å². The lowest BCUT2D eigenvalue weighted by atomic mass is 10.5. The van der Waals surface area contributed by atoms with Crippen molar-refractivity contribution in [2.45, 2.75) is 18.6 Å². The molecule has 58 valence electrons. The summed E-state index contributed by atoms with van der Waals surface area (Å²) in [4.78, 5) is 10.1. The highest BCUT2D eigenvalue weighted by Crippen LogP contribution is 2.35. The normalized spacial score (nSPS) is 31.7. The van der Waals surface area contributed by atoms with Gasteiger partial charge in [-0.2, -0.15) is 0 Å². The molecule has 0 amide bonds. The first-order valence-electron chi connectivity index (χ1n) is 3.28. The van der Waals surface area contributed by atoms with Crippen LogP contribution >= 0.6 is 0 Å². The third-order valence-corrected chi connectivity index (χ3v) is 4.09. The molecule has 10 heavy (non-hydrogen) atoms. The van der Waals surface area contributed by atoms with Crippen molar-refractivity contribution >= 4 is 16.1 Å². The third-order valence-electron chi connectivity index (χ3n) is 1.82. The second kappa shape index (κ2) is 2.34. The SMILES string of the molecule is CCS(=O)(=O)[C@H]1C[C@H]1C=O. The lowest BCUT2D eigenvalue weighted by Crippen LogP contribution is -2.11. The molecule has 0 unspecified atom stereocenters. The van der Waals surface area contributed by atoms with Crippen LogP contribution in [0.5, 0.6) is 0 Å². The average Bonchev–Trinajstić information content (AvgIpc) is 2.66. The predicted octanol–water partition coefficient (Wildman–Crippen LogP) is 0.00850. The maximum Gasteiger partial charge on any atom is 0.153 e. The van der Waals surface area contributed by atoms with Crippen LogP contribution in [0.25, 0.3) is 0 Å². The molecular weight excluding hydrogens is 152 g/mol. The molecule has 1 fully saturated rings. The number of rotatable bonds is 3. The molecule has 0 radical (unpaired) electrons. The monoisotopic (exact) mass is 162 g/mol. The first-order chi connectivity index (χ1) is 4.61. The van der Waals surface area contributed by atoms with Crippen LogP contribution in [0, 0.1) is 5.92 Å². The van der Waals surface area contributed by atoms with Gasteiger partial charge in [0, 0.05) is 11.7 Å². The van der Waals surface area contributed by atoms with E-state index in [-0.39, 0.29) is 16.9 Å². The van der Waals surface area contributed by atoms with E-state index < -0.39 is 9.84 Å². The maximum absolute atomic E-state index is 11.0. The molecule has 3 nitrogen and oxygen atoms in total. The second-order valence-electron chi connectivity index (χ2n) is 2.53. The van der Waals surface area contributed by atoms with E-state index in [1.54, 1.807) is 6.92 Å². The first kappa shape index (κ1) is 7.72.